The van der Waals surface area contributed by atoms with Crippen LogP contribution in [0.15, 0.2) is 24.3 Å². The Morgan fingerprint density at radius 2 is 1.95 bits per heavy atom. The Balaban J connectivity index is 2.18. The third-order valence-electron chi connectivity index (χ3n) is 5.43. The van der Waals surface area contributed by atoms with Gasteiger partial charge in [0.05, 0.1) is 5.54 Å². The summed E-state index contributed by atoms with van der Waals surface area (Å²) < 4.78 is 0. The van der Waals surface area contributed by atoms with Crippen LogP contribution in [0.25, 0.3) is 0 Å². The van der Waals surface area contributed by atoms with Gasteiger partial charge in [-0.25, -0.2) is 0 Å². The lowest BCUT2D eigenvalue weighted by atomic mass is 9.68. The van der Waals surface area contributed by atoms with Gasteiger partial charge in [-0.05, 0) is 31.9 Å². The van der Waals surface area contributed by atoms with Crippen LogP contribution in [0.5, 0.6) is 0 Å². The molecule has 0 aromatic heterocycles. The number of hydrogen-bond donors (Lipinski definition) is 0. The van der Waals surface area contributed by atoms with Gasteiger partial charge in [0.25, 0.3) is 0 Å². The van der Waals surface area contributed by atoms with Crippen LogP contribution in [0.1, 0.15) is 39.2 Å². The zero-order chi connectivity index (χ0) is 15.4. The smallest absolute Gasteiger partial charge is 0.239 e. The molecule has 1 aromatic carbocycles. The van der Waals surface area contributed by atoms with E-state index < -0.39 is 11.0 Å². The molecule has 0 aliphatic carbocycles. The summed E-state index contributed by atoms with van der Waals surface area (Å²) in [5.41, 5.74) is 0.927. The molecule has 0 saturated carbocycles. The summed E-state index contributed by atoms with van der Waals surface area (Å²) in [5, 5.41) is 0. The summed E-state index contributed by atoms with van der Waals surface area (Å²) in [5.74, 6) is 0.233. The fourth-order valence-corrected chi connectivity index (χ4v) is 4.19. The quantitative estimate of drug-likeness (QED) is 0.795. The van der Waals surface area contributed by atoms with E-state index in [9.17, 15) is 9.59 Å². The average molecular weight is 286 g/mol. The lowest BCUT2D eigenvalue weighted by Gasteiger charge is -2.41. The van der Waals surface area contributed by atoms with Crippen molar-refractivity contribution in [2.24, 2.45) is 0 Å². The third-order valence-corrected chi connectivity index (χ3v) is 5.43. The van der Waals surface area contributed by atoms with Crippen LogP contribution in [-0.4, -0.2) is 35.8 Å². The fraction of sp³-hybridized carbons (Fsp3) is 0.529. The Bertz CT molecular complexity index is 623. The van der Waals surface area contributed by atoms with Crippen LogP contribution in [0, 0.1) is 0 Å². The molecule has 2 aliphatic heterocycles. The molecule has 0 N–H and O–H groups in total. The summed E-state index contributed by atoms with van der Waals surface area (Å²) in [6, 6.07) is 7.97. The van der Waals surface area contributed by atoms with E-state index in [1.54, 1.807) is 4.90 Å². The molecule has 3 rings (SSSR count). The summed E-state index contributed by atoms with van der Waals surface area (Å²) >= 11 is 0. The predicted molar refractivity (Wildman–Crippen MR) is 82.2 cm³/mol. The van der Waals surface area contributed by atoms with Gasteiger partial charge in [-0.3, -0.25) is 9.59 Å². The van der Waals surface area contributed by atoms with E-state index in [0.29, 0.717) is 19.4 Å². The first kappa shape index (κ1) is 14.1. The highest BCUT2D eigenvalue weighted by molar-refractivity contribution is 6.09. The van der Waals surface area contributed by atoms with E-state index in [-0.39, 0.29) is 11.8 Å². The Labute approximate surface area is 125 Å². The molecular formula is C17H22N2O2. The van der Waals surface area contributed by atoms with Crippen LogP contribution in [-0.2, 0) is 15.0 Å². The lowest BCUT2D eigenvalue weighted by molar-refractivity contribution is -0.136. The summed E-state index contributed by atoms with van der Waals surface area (Å²) in [7, 11) is 1.83. The number of benzene rings is 1. The average Bonchev–Trinajstić information content (AvgIpc) is 2.88. The minimum absolute atomic E-state index is 0.111. The third kappa shape index (κ3) is 1.50. The molecule has 0 bridgehead atoms. The number of carbonyl (C=O) groups is 2. The normalized spacial score (nSPS) is 26.6. The van der Waals surface area contributed by atoms with Crippen molar-refractivity contribution in [3.63, 3.8) is 0 Å². The Hall–Kier alpha value is -1.84. The first-order valence-electron chi connectivity index (χ1n) is 7.56. The zero-order valence-electron chi connectivity index (χ0n) is 13.1. The van der Waals surface area contributed by atoms with Gasteiger partial charge in [0.2, 0.25) is 11.8 Å². The van der Waals surface area contributed by atoms with Gasteiger partial charge in [-0.15, -0.1) is 0 Å². The number of fused-ring (bicyclic) bond motifs is 2. The van der Waals surface area contributed by atoms with Crippen molar-refractivity contribution >= 4 is 17.5 Å². The molecule has 1 spiro atoms. The van der Waals surface area contributed by atoms with Crippen molar-refractivity contribution in [3.8, 4) is 0 Å². The maximum Gasteiger partial charge on any atom is 0.239 e. The first-order valence-corrected chi connectivity index (χ1v) is 7.56. The minimum atomic E-state index is -0.608. The molecule has 2 aliphatic rings. The van der Waals surface area contributed by atoms with Gasteiger partial charge >= 0.3 is 0 Å². The summed E-state index contributed by atoms with van der Waals surface area (Å²) in [6.45, 7) is 6.58. The Morgan fingerprint density at radius 1 is 1.29 bits per heavy atom. The minimum Gasteiger partial charge on any atom is -0.336 e. The van der Waals surface area contributed by atoms with Crippen molar-refractivity contribution in [1.29, 1.82) is 0 Å². The van der Waals surface area contributed by atoms with Gasteiger partial charge in [-0.1, -0.05) is 25.1 Å². The van der Waals surface area contributed by atoms with Crippen LogP contribution in [0.3, 0.4) is 0 Å². The Kier molecular flexibility index (Phi) is 2.91. The van der Waals surface area contributed by atoms with Crippen LogP contribution < -0.4 is 4.90 Å². The molecule has 21 heavy (non-hydrogen) atoms. The standard InChI is InChI=1S/C17H22N2O2/c1-5-14(20)19-11-10-17(16(19,2)3)12-8-6-7-9-13(12)18(4)15(17)21/h6-9H,5,10-11H2,1-4H3. The number of likely N-dealkylation sites (N-methyl/N-ethyl adjacent to an activating group) is 1. The number of para-hydroxylation sites is 1. The molecule has 112 valence electrons. The second-order valence-corrected chi connectivity index (χ2v) is 6.49. The second-order valence-electron chi connectivity index (χ2n) is 6.49. The van der Waals surface area contributed by atoms with Crippen LogP contribution >= 0.6 is 0 Å². The molecule has 4 nitrogen and oxygen atoms in total. The number of amides is 2. The van der Waals surface area contributed by atoms with Gasteiger partial charge in [0.1, 0.15) is 5.41 Å². The van der Waals surface area contributed by atoms with E-state index in [1.807, 2.05) is 57.0 Å². The monoisotopic (exact) mass is 286 g/mol. The molecule has 2 heterocycles. The molecule has 2 amide bonds. The van der Waals surface area contributed by atoms with Crippen LogP contribution in [0.4, 0.5) is 5.69 Å². The van der Waals surface area contributed by atoms with E-state index in [1.165, 1.54) is 0 Å². The molecule has 1 fully saturated rings. The molecule has 1 saturated heterocycles. The van der Waals surface area contributed by atoms with E-state index in [0.717, 1.165) is 11.3 Å². The van der Waals surface area contributed by atoms with Gasteiger partial charge in [-0.2, -0.15) is 0 Å². The van der Waals surface area contributed by atoms with E-state index in [4.69, 9.17) is 0 Å². The van der Waals surface area contributed by atoms with E-state index in [2.05, 4.69) is 0 Å². The molecular weight excluding hydrogens is 264 g/mol. The number of anilines is 1. The largest absolute Gasteiger partial charge is 0.336 e. The van der Waals surface area contributed by atoms with Crippen molar-refractivity contribution in [3.05, 3.63) is 29.8 Å². The van der Waals surface area contributed by atoms with Gasteiger partial charge < -0.3 is 9.80 Å². The SMILES string of the molecule is CCC(=O)N1CCC2(C(=O)N(C)c3ccccc32)C1(C)C. The number of rotatable bonds is 1. The summed E-state index contributed by atoms with van der Waals surface area (Å²) in [6.07, 6.45) is 1.18. The topological polar surface area (TPSA) is 40.6 Å². The number of nitrogens with zero attached hydrogens (tertiary/aromatic N) is 2. The highest BCUT2D eigenvalue weighted by Gasteiger charge is 2.64. The van der Waals surface area contributed by atoms with Crippen molar-refractivity contribution < 1.29 is 9.59 Å². The molecule has 4 heteroatoms. The van der Waals surface area contributed by atoms with Crippen molar-refractivity contribution in [2.75, 3.05) is 18.5 Å². The highest BCUT2D eigenvalue weighted by atomic mass is 16.2. The molecule has 1 unspecified atom stereocenters. The van der Waals surface area contributed by atoms with Gasteiger partial charge in [0.15, 0.2) is 0 Å². The maximum absolute atomic E-state index is 13.0. The highest BCUT2D eigenvalue weighted by Crippen LogP contribution is 2.55. The molecule has 1 atom stereocenters. The summed E-state index contributed by atoms with van der Waals surface area (Å²) in [4.78, 5) is 29.0. The Morgan fingerprint density at radius 3 is 2.62 bits per heavy atom. The van der Waals surface area contributed by atoms with Crippen LogP contribution in [0.2, 0.25) is 0 Å². The van der Waals surface area contributed by atoms with Crippen molar-refractivity contribution in [2.45, 2.75) is 44.6 Å². The maximum atomic E-state index is 13.0. The lowest BCUT2D eigenvalue weighted by Crippen LogP contribution is -2.57. The number of hydrogen-bond acceptors (Lipinski definition) is 2. The zero-order valence-corrected chi connectivity index (χ0v) is 13.1. The molecule has 1 aromatic rings. The van der Waals surface area contributed by atoms with Crippen molar-refractivity contribution in [1.82, 2.24) is 4.90 Å². The second kappa shape index (κ2) is 4.33. The first-order chi connectivity index (χ1) is 9.88. The number of carbonyl (C=O) groups excluding carboxylic acids is 2. The molecule has 0 radical (unpaired) electrons. The predicted octanol–water partition coefficient (Wildman–Crippen LogP) is 2.32. The van der Waals surface area contributed by atoms with E-state index >= 15 is 0 Å². The fourth-order valence-electron chi connectivity index (χ4n) is 4.19. The van der Waals surface area contributed by atoms with Gasteiger partial charge in [0, 0.05) is 25.7 Å². The number of likely N-dealkylation sites (tertiary alicyclic amines) is 1.